The van der Waals surface area contributed by atoms with Crippen molar-refractivity contribution in [2.45, 2.75) is 19.6 Å². The Morgan fingerprint density at radius 3 is 2.09 bits per heavy atom. The van der Waals surface area contributed by atoms with Gasteiger partial charge in [0.05, 0.1) is 31.0 Å². The van der Waals surface area contributed by atoms with E-state index in [1.807, 2.05) is 30.3 Å². The third-order valence-corrected chi connectivity index (χ3v) is 9.07. The fourth-order valence-electron chi connectivity index (χ4n) is 5.45. The van der Waals surface area contributed by atoms with E-state index in [4.69, 9.17) is 14.5 Å². The molecule has 11 heteroatoms. The van der Waals surface area contributed by atoms with Crippen molar-refractivity contribution in [3.05, 3.63) is 125 Å². The molecule has 0 unspecified atom stereocenters. The van der Waals surface area contributed by atoms with Crippen molar-refractivity contribution in [1.82, 2.24) is 9.55 Å². The van der Waals surface area contributed by atoms with E-state index in [-0.39, 0.29) is 41.8 Å². The van der Waals surface area contributed by atoms with Gasteiger partial charge in [0.2, 0.25) is 15.9 Å². The van der Waals surface area contributed by atoms with Gasteiger partial charge in [-0.15, -0.1) is 0 Å². The number of nitrogens with zero attached hydrogens (tertiary/aromatic N) is 3. The van der Waals surface area contributed by atoms with Crippen LogP contribution in [-0.2, 0) is 29.6 Å². The molecule has 8 nitrogen and oxygen atoms in total. The Morgan fingerprint density at radius 2 is 1.48 bits per heavy atom. The largest absolute Gasteiger partial charge is 0.497 e. The molecule has 0 saturated carbocycles. The maximum Gasteiger partial charge on any atom is 0.232 e. The molecule has 0 aliphatic carbocycles. The molecule has 0 aliphatic rings. The second-order valence-electron chi connectivity index (χ2n) is 11.1. The monoisotopic (exact) mass is 643 g/mol. The number of halogens is 2. The predicted molar refractivity (Wildman–Crippen MR) is 174 cm³/mol. The minimum absolute atomic E-state index is 0.122. The van der Waals surface area contributed by atoms with E-state index in [1.54, 1.807) is 48.3 Å². The molecule has 0 amide bonds. The van der Waals surface area contributed by atoms with E-state index >= 15 is 0 Å². The number of aromatic hydroxyl groups is 1. The maximum absolute atomic E-state index is 13.6. The number of anilines is 1. The number of hydrogen-bond acceptors (Lipinski definition) is 6. The van der Waals surface area contributed by atoms with Crippen molar-refractivity contribution in [2.75, 3.05) is 24.7 Å². The van der Waals surface area contributed by atoms with Crippen molar-refractivity contribution in [2.24, 2.45) is 0 Å². The van der Waals surface area contributed by atoms with Crippen LogP contribution in [0.4, 0.5) is 14.5 Å². The highest BCUT2D eigenvalue weighted by Crippen LogP contribution is 2.47. The van der Waals surface area contributed by atoms with Crippen LogP contribution in [0.25, 0.3) is 21.7 Å². The summed E-state index contributed by atoms with van der Waals surface area (Å²) in [7, 11) is -0.750. The van der Waals surface area contributed by atoms with E-state index in [1.165, 1.54) is 31.3 Å². The molecule has 2 heterocycles. The van der Waals surface area contributed by atoms with Gasteiger partial charge in [-0.25, -0.2) is 17.2 Å². The Kier molecular flexibility index (Phi) is 8.26. The predicted octanol–water partition coefficient (Wildman–Crippen LogP) is 6.80. The second kappa shape index (κ2) is 12.3. The number of methoxy groups -OCH3 is 1. The zero-order chi connectivity index (χ0) is 32.6. The van der Waals surface area contributed by atoms with Gasteiger partial charge in [0.15, 0.2) is 5.75 Å². The normalized spacial score (nSPS) is 11.7. The zero-order valence-electron chi connectivity index (χ0n) is 25.4. The summed E-state index contributed by atoms with van der Waals surface area (Å²) in [5, 5.41) is 12.9. The van der Waals surface area contributed by atoms with Crippen molar-refractivity contribution < 1.29 is 31.8 Å². The quantitative estimate of drug-likeness (QED) is 0.177. The van der Waals surface area contributed by atoms with Crippen molar-refractivity contribution in [3.8, 4) is 17.4 Å². The number of fused-ring (bicyclic) bond motifs is 2. The summed E-state index contributed by atoms with van der Waals surface area (Å²) in [6.07, 6.45) is 4.85. The van der Waals surface area contributed by atoms with E-state index < -0.39 is 10.0 Å². The molecule has 0 bridgehead atoms. The van der Waals surface area contributed by atoms with Crippen LogP contribution in [0.5, 0.6) is 17.4 Å². The van der Waals surface area contributed by atoms with Crippen LogP contribution in [0.15, 0.2) is 91.3 Å². The number of hydrogen-bond donors (Lipinski definition) is 1. The molecule has 0 saturated heterocycles. The summed E-state index contributed by atoms with van der Waals surface area (Å²) in [5.74, 6) is 0.0752. The second-order valence-corrected chi connectivity index (χ2v) is 13.1. The Balaban J connectivity index is 1.57. The molecule has 6 rings (SSSR count). The first-order chi connectivity index (χ1) is 22.0. The summed E-state index contributed by atoms with van der Waals surface area (Å²) in [6, 6.07) is 21.2. The van der Waals surface area contributed by atoms with Gasteiger partial charge < -0.3 is 19.1 Å². The first-order valence-corrected chi connectivity index (χ1v) is 16.2. The van der Waals surface area contributed by atoms with Crippen LogP contribution >= 0.6 is 0 Å². The molecule has 4 aromatic carbocycles. The van der Waals surface area contributed by atoms with Crippen molar-refractivity contribution in [3.63, 3.8) is 0 Å². The van der Waals surface area contributed by atoms with Crippen LogP contribution in [0.2, 0.25) is 0 Å². The molecule has 0 atom stereocenters. The molecule has 46 heavy (non-hydrogen) atoms. The van der Waals surface area contributed by atoms with Gasteiger partial charge in [-0.3, -0.25) is 9.29 Å². The number of ether oxygens (including phenoxy) is 2. The third-order valence-electron chi connectivity index (χ3n) is 7.89. The average molecular weight is 644 g/mol. The minimum atomic E-state index is -3.78. The number of rotatable bonds is 10. The molecule has 236 valence electrons. The van der Waals surface area contributed by atoms with Crippen LogP contribution in [0.1, 0.15) is 22.3 Å². The van der Waals surface area contributed by atoms with E-state index in [9.17, 15) is 22.3 Å². The number of pyridine rings is 1. The summed E-state index contributed by atoms with van der Waals surface area (Å²) in [5.41, 5.74) is 3.83. The number of aromatic nitrogens is 2. The Bertz CT molecular complexity index is 2150. The van der Waals surface area contributed by atoms with Gasteiger partial charge in [-0.05, 0) is 71.1 Å². The van der Waals surface area contributed by atoms with Gasteiger partial charge in [0, 0.05) is 30.2 Å². The van der Waals surface area contributed by atoms with Crippen LogP contribution < -0.4 is 13.8 Å². The molecule has 0 spiro atoms. The molecule has 0 aliphatic heterocycles. The lowest BCUT2D eigenvalue weighted by Gasteiger charge is -2.22. The highest BCUT2D eigenvalue weighted by Gasteiger charge is 2.27. The lowest BCUT2D eigenvalue weighted by molar-refractivity contribution is 0.311. The van der Waals surface area contributed by atoms with E-state index in [2.05, 4.69) is 0 Å². The first-order valence-electron chi connectivity index (χ1n) is 14.4. The van der Waals surface area contributed by atoms with Crippen LogP contribution in [0, 0.1) is 11.6 Å². The average Bonchev–Trinajstić information content (AvgIpc) is 3.35. The fourth-order valence-corrected chi connectivity index (χ4v) is 5.97. The molecule has 2 aromatic heterocycles. The van der Waals surface area contributed by atoms with Gasteiger partial charge in [-0.1, -0.05) is 36.4 Å². The standard InChI is InChI=1S/C35H31F2N3O5S/c1-39(46(3,42)43)33-29-17-25(16-22-4-10-26(36)11-5-22)18-38-32(29)34(45-21-24-8-14-28(44-2)15-9-24)31-30(33)20-40(35(31)41)19-23-6-12-27(37)13-7-23/h4-15,17-18,20,41H,16,19,21H2,1-3H3. The zero-order valence-corrected chi connectivity index (χ0v) is 26.2. The molecule has 0 radical (unpaired) electrons. The SMILES string of the molecule is COc1ccc(COc2c3ncc(Cc4ccc(F)cc4)cc3c(N(C)S(C)(=O)=O)c3cn(Cc4ccc(F)cc4)c(O)c23)cc1. The minimum Gasteiger partial charge on any atom is -0.497 e. The molecule has 0 fully saturated rings. The first kappa shape index (κ1) is 30.8. The van der Waals surface area contributed by atoms with Gasteiger partial charge in [0.1, 0.15) is 29.5 Å². The molecular weight excluding hydrogens is 612 g/mol. The summed E-state index contributed by atoms with van der Waals surface area (Å²) >= 11 is 0. The third kappa shape index (κ3) is 6.18. The molecule has 6 aromatic rings. The fraction of sp³-hybridized carbons (Fsp3) is 0.171. The Morgan fingerprint density at radius 1 is 0.870 bits per heavy atom. The van der Waals surface area contributed by atoms with E-state index in [0.717, 1.165) is 32.8 Å². The number of benzene rings is 4. The van der Waals surface area contributed by atoms with Gasteiger partial charge in [-0.2, -0.15) is 0 Å². The van der Waals surface area contributed by atoms with Gasteiger partial charge >= 0.3 is 0 Å². The Labute approximate surface area is 265 Å². The topological polar surface area (TPSA) is 93.9 Å². The number of sulfonamides is 1. The smallest absolute Gasteiger partial charge is 0.232 e. The van der Waals surface area contributed by atoms with Crippen LogP contribution in [0.3, 0.4) is 0 Å². The molecular formula is C35H31F2N3O5S. The summed E-state index contributed by atoms with van der Waals surface area (Å²) in [6.45, 7) is 0.303. The van der Waals surface area contributed by atoms with Crippen molar-refractivity contribution >= 4 is 37.4 Å². The molecule has 1 N–H and O–H groups in total. The van der Waals surface area contributed by atoms with Crippen molar-refractivity contribution in [1.29, 1.82) is 0 Å². The van der Waals surface area contributed by atoms with Gasteiger partial charge in [0.25, 0.3) is 0 Å². The van der Waals surface area contributed by atoms with E-state index in [0.29, 0.717) is 34.1 Å². The Hall–Kier alpha value is -5.16. The van der Waals surface area contributed by atoms with Crippen LogP contribution in [-0.4, -0.2) is 43.5 Å². The lowest BCUT2D eigenvalue weighted by atomic mass is 10.0. The highest BCUT2D eigenvalue weighted by molar-refractivity contribution is 7.92. The maximum atomic E-state index is 13.6. The summed E-state index contributed by atoms with van der Waals surface area (Å²) < 4.78 is 67.6. The lowest BCUT2D eigenvalue weighted by Crippen LogP contribution is -2.25. The summed E-state index contributed by atoms with van der Waals surface area (Å²) in [4.78, 5) is 4.75. The highest BCUT2D eigenvalue weighted by atomic mass is 32.2.